The van der Waals surface area contributed by atoms with Gasteiger partial charge in [0.2, 0.25) is 0 Å². The summed E-state index contributed by atoms with van der Waals surface area (Å²) < 4.78 is 11.2. The molecule has 2 aromatic heterocycles. The van der Waals surface area contributed by atoms with E-state index in [9.17, 15) is 14.4 Å². The molecule has 0 radical (unpaired) electrons. The van der Waals surface area contributed by atoms with Gasteiger partial charge in [-0.1, -0.05) is 13.0 Å². The molecule has 2 aliphatic heterocycles. The number of imide groups is 1. The van der Waals surface area contributed by atoms with Crippen LogP contribution in [0.25, 0.3) is 11.0 Å². The quantitative estimate of drug-likeness (QED) is 0.386. The average Bonchev–Trinajstić information content (AvgIpc) is 3.41. The number of hydrogen-bond acceptors (Lipinski definition) is 6. The molecular formula is C21H17IN4O5. The fraction of sp³-hybridized carbons (Fsp3) is 0.238. The van der Waals surface area contributed by atoms with Crippen molar-refractivity contribution in [2.45, 2.75) is 25.4 Å². The number of pyridine rings is 1. The number of aryl methyl sites for hydroxylation is 1. The standard InChI is InChI=1S/C21H17IN4O5/c1-2-13-6-16-12(8-23-13)5-17(30-16)21(19(28)24-20(29)25-21)10-26-9-11-3-4-14(31-22)7-15(11)18(26)27/h3-8H,2,9-10H2,1H3,(H2,24,25,28,29)/t21-/m0/s1. The molecule has 158 valence electrons. The monoisotopic (exact) mass is 532 g/mol. The minimum absolute atomic E-state index is 0.0770. The van der Waals surface area contributed by atoms with Crippen LogP contribution in [0.5, 0.6) is 5.75 Å². The summed E-state index contributed by atoms with van der Waals surface area (Å²) in [6.45, 7) is 2.21. The molecule has 0 aliphatic carbocycles. The molecule has 1 fully saturated rings. The number of rotatable bonds is 5. The predicted molar refractivity (Wildman–Crippen MR) is 118 cm³/mol. The number of nitrogens with one attached hydrogen (secondary N) is 2. The number of fused-ring (bicyclic) bond motifs is 2. The molecule has 3 aromatic rings. The maximum Gasteiger partial charge on any atom is 0.322 e. The maximum absolute atomic E-state index is 13.1. The lowest BCUT2D eigenvalue weighted by molar-refractivity contribution is -0.125. The van der Waals surface area contributed by atoms with Crippen molar-refractivity contribution >= 4 is 51.8 Å². The SMILES string of the molecule is CCc1cc2oc([C@]3(CN4Cc5ccc(OI)cc5C4=O)NC(=O)NC3=O)cc2cn1. The molecule has 9 nitrogen and oxygen atoms in total. The molecule has 4 heterocycles. The highest BCUT2D eigenvalue weighted by molar-refractivity contribution is 14.1. The minimum atomic E-state index is -1.54. The van der Waals surface area contributed by atoms with Crippen LogP contribution >= 0.6 is 23.0 Å². The van der Waals surface area contributed by atoms with E-state index in [1.54, 1.807) is 47.4 Å². The van der Waals surface area contributed by atoms with Crippen molar-refractivity contribution in [2.24, 2.45) is 0 Å². The highest BCUT2D eigenvalue weighted by Crippen LogP contribution is 2.35. The van der Waals surface area contributed by atoms with Crippen molar-refractivity contribution in [1.29, 1.82) is 0 Å². The second kappa shape index (κ2) is 7.22. The van der Waals surface area contributed by atoms with Gasteiger partial charge in [0, 0.05) is 35.5 Å². The molecule has 10 heteroatoms. The summed E-state index contributed by atoms with van der Waals surface area (Å²) in [6, 6.07) is 8.12. The molecule has 0 spiro atoms. The smallest absolute Gasteiger partial charge is 0.322 e. The van der Waals surface area contributed by atoms with Crippen LogP contribution in [-0.4, -0.2) is 34.3 Å². The van der Waals surface area contributed by atoms with Crippen molar-refractivity contribution in [2.75, 3.05) is 6.54 Å². The van der Waals surface area contributed by atoms with Gasteiger partial charge < -0.3 is 17.7 Å². The van der Waals surface area contributed by atoms with Crippen LogP contribution < -0.4 is 13.7 Å². The van der Waals surface area contributed by atoms with Crippen LogP contribution in [0.3, 0.4) is 0 Å². The first kappa shape index (κ1) is 19.8. The van der Waals surface area contributed by atoms with Crippen LogP contribution in [0.4, 0.5) is 4.79 Å². The van der Waals surface area contributed by atoms with Gasteiger partial charge in [-0.2, -0.15) is 0 Å². The Labute approximate surface area is 190 Å². The van der Waals surface area contributed by atoms with E-state index in [1.807, 2.05) is 19.1 Å². The summed E-state index contributed by atoms with van der Waals surface area (Å²) in [5.74, 6) is -0.00132. The van der Waals surface area contributed by atoms with E-state index in [4.69, 9.17) is 7.48 Å². The summed E-state index contributed by atoms with van der Waals surface area (Å²) in [7, 11) is 0. The topological polar surface area (TPSA) is 114 Å². The lowest BCUT2D eigenvalue weighted by Gasteiger charge is -2.29. The van der Waals surface area contributed by atoms with E-state index in [-0.39, 0.29) is 18.2 Å². The molecule has 1 atom stereocenters. The van der Waals surface area contributed by atoms with Gasteiger partial charge in [-0.25, -0.2) is 4.79 Å². The fourth-order valence-corrected chi connectivity index (χ4v) is 4.31. The number of halogens is 1. The Hall–Kier alpha value is -3.15. The summed E-state index contributed by atoms with van der Waals surface area (Å²) in [6.07, 6.45) is 2.41. The Morgan fingerprint density at radius 3 is 2.81 bits per heavy atom. The molecule has 5 rings (SSSR count). The molecule has 0 bridgehead atoms. The Balaban J connectivity index is 1.54. The third-order valence-electron chi connectivity index (χ3n) is 5.66. The van der Waals surface area contributed by atoms with Crippen molar-refractivity contribution < 1.29 is 21.9 Å². The van der Waals surface area contributed by atoms with Gasteiger partial charge in [0.15, 0.2) is 28.5 Å². The van der Waals surface area contributed by atoms with Gasteiger partial charge in [0.05, 0.1) is 6.54 Å². The normalized spacial score (nSPS) is 20.2. The maximum atomic E-state index is 13.1. The van der Waals surface area contributed by atoms with Gasteiger partial charge in [0.25, 0.3) is 11.8 Å². The Bertz CT molecular complexity index is 1260. The van der Waals surface area contributed by atoms with Crippen LogP contribution in [0.2, 0.25) is 0 Å². The number of hydrogen-bond donors (Lipinski definition) is 2. The number of furan rings is 1. The van der Waals surface area contributed by atoms with Gasteiger partial charge in [-0.3, -0.25) is 19.9 Å². The number of aromatic nitrogens is 1. The van der Waals surface area contributed by atoms with Crippen molar-refractivity contribution in [3.63, 3.8) is 0 Å². The molecule has 2 N–H and O–H groups in total. The lowest BCUT2D eigenvalue weighted by Crippen LogP contribution is -2.52. The molecule has 4 amide bonds. The van der Waals surface area contributed by atoms with Gasteiger partial charge in [0.1, 0.15) is 17.1 Å². The van der Waals surface area contributed by atoms with E-state index in [0.717, 1.165) is 17.7 Å². The molecule has 1 aromatic carbocycles. The second-order valence-corrected chi connectivity index (χ2v) is 7.99. The number of benzene rings is 1. The molecule has 2 aliphatic rings. The highest BCUT2D eigenvalue weighted by atomic mass is 127. The van der Waals surface area contributed by atoms with Crippen LogP contribution in [0, 0.1) is 0 Å². The minimum Gasteiger partial charge on any atom is -0.458 e. The fourth-order valence-electron chi connectivity index (χ4n) is 4.03. The number of urea groups is 1. The average molecular weight is 532 g/mol. The lowest BCUT2D eigenvalue weighted by atomic mass is 9.95. The first-order valence-corrected chi connectivity index (χ1v) is 10.5. The van der Waals surface area contributed by atoms with E-state index >= 15 is 0 Å². The highest BCUT2D eigenvalue weighted by Gasteiger charge is 2.53. The molecular weight excluding hydrogens is 515 g/mol. The van der Waals surface area contributed by atoms with Gasteiger partial charge >= 0.3 is 6.03 Å². The predicted octanol–water partition coefficient (Wildman–Crippen LogP) is 2.81. The zero-order valence-corrected chi connectivity index (χ0v) is 18.6. The Kier molecular flexibility index (Phi) is 4.61. The molecule has 0 unspecified atom stereocenters. The first-order chi connectivity index (χ1) is 14.9. The van der Waals surface area contributed by atoms with E-state index in [0.29, 0.717) is 28.8 Å². The van der Waals surface area contributed by atoms with Crippen molar-refractivity contribution in [3.8, 4) is 5.75 Å². The van der Waals surface area contributed by atoms with E-state index in [2.05, 4.69) is 15.6 Å². The number of carbonyl (C=O) groups excluding carboxylic acids is 3. The zero-order chi connectivity index (χ0) is 21.8. The number of nitrogens with zero attached hydrogens (tertiary/aromatic N) is 2. The summed E-state index contributed by atoms with van der Waals surface area (Å²) in [5.41, 5.74) is 1.21. The summed E-state index contributed by atoms with van der Waals surface area (Å²) in [5, 5.41) is 5.67. The molecule has 1 saturated heterocycles. The molecule has 0 saturated carbocycles. The van der Waals surface area contributed by atoms with Gasteiger partial charge in [-0.05, 0) is 30.2 Å². The second-order valence-electron chi connectivity index (χ2n) is 7.55. The Morgan fingerprint density at radius 1 is 1.26 bits per heavy atom. The number of carbonyl (C=O) groups is 3. The van der Waals surface area contributed by atoms with E-state index < -0.39 is 17.5 Å². The largest absolute Gasteiger partial charge is 0.458 e. The Morgan fingerprint density at radius 2 is 2.10 bits per heavy atom. The van der Waals surface area contributed by atoms with E-state index in [1.165, 1.54) is 4.90 Å². The zero-order valence-electron chi connectivity index (χ0n) is 16.4. The van der Waals surface area contributed by atoms with Crippen LogP contribution in [0.1, 0.15) is 34.3 Å². The first-order valence-electron chi connectivity index (χ1n) is 9.67. The summed E-state index contributed by atoms with van der Waals surface area (Å²) >= 11 is 1.75. The van der Waals surface area contributed by atoms with Crippen LogP contribution in [-0.2, 0) is 23.3 Å². The third kappa shape index (κ3) is 3.12. The van der Waals surface area contributed by atoms with Crippen LogP contribution in [0.15, 0.2) is 40.9 Å². The van der Waals surface area contributed by atoms with Crippen molar-refractivity contribution in [3.05, 3.63) is 59.1 Å². The van der Waals surface area contributed by atoms with Gasteiger partial charge in [-0.15, -0.1) is 0 Å². The molecule has 31 heavy (non-hydrogen) atoms. The third-order valence-corrected chi connectivity index (χ3v) is 6.17. The van der Waals surface area contributed by atoms with Crippen molar-refractivity contribution in [1.82, 2.24) is 20.5 Å². The number of amides is 4. The summed E-state index contributed by atoms with van der Waals surface area (Å²) in [4.78, 5) is 44.0.